The maximum atomic E-state index is 12.8. The second-order valence-electron chi connectivity index (χ2n) is 6.36. The second-order valence-corrected chi connectivity index (χ2v) is 6.36. The molecule has 0 aromatic heterocycles. The van der Waals surface area contributed by atoms with Crippen LogP contribution in [0.5, 0.6) is 0 Å². The molecule has 0 radical (unpaired) electrons. The minimum atomic E-state index is -0.310. The van der Waals surface area contributed by atoms with Crippen LogP contribution in [0.2, 0.25) is 0 Å². The fourth-order valence-corrected chi connectivity index (χ4v) is 3.03. The molecule has 3 nitrogen and oxygen atoms in total. The molecule has 0 saturated carbocycles. The molecule has 0 bridgehead atoms. The summed E-state index contributed by atoms with van der Waals surface area (Å²) in [5.41, 5.74) is 3.88. The highest BCUT2D eigenvalue weighted by molar-refractivity contribution is 5.96. The Morgan fingerprint density at radius 3 is 2.04 bits per heavy atom. The minimum absolute atomic E-state index is 0.0957. The van der Waals surface area contributed by atoms with Crippen molar-refractivity contribution in [3.63, 3.8) is 0 Å². The van der Waals surface area contributed by atoms with Crippen LogP contribution in [0.25, 0.3) is 0 Å². The highest BCUT2D eigenvalue weighted by Crippen LogP contribution is 2.15. The summed E-state index contributed by atoms with van der Waals surface area (Å²) in [6.07, 6.45) is 1.30. The summed E-state index contributed by atoms with van der Waals surface area (Å²) >= 11 is 0. The van der Waals surface area contributed by atoms with Gasteiger partial charge in [-0.15, -0.1) is 0 Å². The van der Waals surface area contributed by atoms with Crippen molar-refractivity contribution in [3.05, 3.63) is 107 Å². The van der Waals surface area contributed by atoms with Crippen LogP contribution < -0.4 is 5.32 Å². The van der Waals surface area contributed by atoms with Gasteiger partial charge in [0.15, 0.2) is 0 Å². The van der Waals surface area contributed by atoms with Gasteiger partial charge in [-0.25, -0.2) is 0 Å². The third-order valence-corrected chi connectivity index (χ3v) is 4.38. The monoisotopic (exact) mass is 345 g/mol. The first-order chi connectivity index (χ1) is 12.8. The third kappa shape index (κ3) is 4.80. The van der Waals surface area contributed by atoms with E-state index in [9.17, 15) is 9.90 Å². The Kier molecular flexibility index (Phi) is 6.18. The molecule has 0 saturated heterocycles. The van der Waals surface area contributed by atoms with Gasteiger partial charge >= 0.3 is 0 Å². The van der Waals surface area contributed by atoms with Gasteiger partial charge in [-0.1, -0.05) is 78.9 Å². The van der Waals surface area contributed by atoms with Crippen LogP contribution in [0.15, 0.2) is 84.9 Å². The molecule has 3 aromatic carbocycles. The van der Waals surface area contributed by atoms with E-state index in [0.29, 0.717) is 18.4 Å². The fourth-order valence-electron chi connectivity index (χ4n) is 3.03. The second kappa shape index (κ2) is 8.97. The first-order valence-corrected chi connectivity index (χ1v) is 8.83. The summed E-state index contributed by atoms with van der Waals surface area (Å²) in [6.45, 7) is -0.0957. The maximum Gasteiger partial charge on any atom is 0.251 e. The number of aliphatic hydroxyl groups is 1. The molecule has 2 N–H and O–H groups in total. The number of rotatable bonds is 7. The number of benzene rings is 3. The zero-order chi connectivity index (χ0) is 18.2. The van der Waals surface area contributed by atoms with E-state index in [1.54, 1.807) is 0 Å². The smallest absolute Gasteiger partial charge is 0.251 e. The first-order valence-electron chi connectivity index (χ1n) is 8.83. The van der Waals surface area contributed by atoms with Gasteiger partial charge < -0.3 is 10.4 Å². The molecule has 0 fully saturated rings. The molecule has 0 spiro atoms. The number of hydrogen-bond acceptors (Lipinski definition) is 2. The van der Waals surface area contributed by atoms with E-state index in [1.807, 2.05) is 72.8 Å². The molecule has 3 rings (SSSR count). The Morgan fingerprint density at radius 1 is 0.808 bits per heavy atom. The van der Waals surface area contributed by atoms with Crippen LogP contribution in [-0.4, -0.2) is 23.7 Å². The topological polar surface area (TPSA) is 49.3 Å². The van der Waals surface area contributed by atoms with Gasteiger partial charge in [-0.05, 0) is 35.6 Å². The van der Waals surface area contributed by atoms with Crippen molar-refractivity contribution in [2.75, 3.05) is 6.61 Å². The molecule has 0 aliphatic carbocycles. The lowest BCUT2D eigenvalue weighted by Crippen LogP contribution is -2.39. The minimum Gasteiger partial charge on any atom is -0.394 e. The number of aliphatic hydroxyl groups excluding tert-OH is 1. The van der Waals surface area contributed by atoms with Crippen LogP contribution in [0.3, 0.4) is 0 Å². The third-order valence-electron chi connectivity index (χ3n) is 4.38. The van der Waals surface area contributed by atoms with Crippen molar-refractivity contribution in [1.82, 2.24) is 5.32 Å². The van der Waals surface area contributed by atoms with Crippen LogP contribution >= 0.6 is 0 Å². The van der Waals surface area contributed by atoms with Gasteiger partial charge in [-0.3, -0.25) is 4.79 Å². The predicted molar refractivity (Wildman–Crippen MR) is 104 cm³/mol. The van der Waals surface area contributed by atoms with Crippen molar-refractivity contribution in [3.8, 4) is 0 Å². The van der Waals surface area contributed by atoms with E-state index >= 15 is 0 Å². The SMILES string of the molecule is O=C(N[C@H](CO)Cc1ccccc1)c1ccccc1Cc1ccccc1. The molecule has 0 unspecified atom stereocenters. The number of hydrogen-bond donors (Lipinski definition) is 2. The molecule has 0 aliphatic rings. The lowest BCUT2D eigenvalue weighted by Gasteiger charge is -2.18. The van der Waals surface area contributed by atoms with Crippen molar-refractivity contribution >= 4 is 5.91 Å². The van der Waals surface area contributed by atoms with E-state index in [2.05, 4.69) is 17.4 Å². The Bertz CT molecular complexity index is 831. The average Bonchev–Trinajstić information content (AvgIpc) is 2.69. The van der Waals surface area contributed by atoms with Crippen molar-refractivity contribution in [1.29, 1.82) is 0 Å². The molecule has 0 aliphatic heterocycles. The van der Waals surface area contributed by atoms with Gasteiger partial charge in [0.05, 0.1) is 12.6 Å². The molecule has 3 aromatic rings. The van der Waals surface area contributed by atoms with Crippen LogP contribution in [0.1, 0.15) is 27.0 Å². The van der Waals surface area contributed by atoms with E-state index < -0.39 is 0 Å². The fraction of sp³-hybridized carbons (Fsp3) is 0.174. The molecular weight excluding hydrogens is 322 g/mol. The van der Waals surface area contributed by atoms with Crippen LogP contribution in [0.4, 0.5) is 0 Å². The highest BCUT2D eigenvalue weighted by atomic mass is 16.3. The lowest BCUT2D eigenvalue weighted by atomic mass is 9.98. The number of carbonyl (C=O) groups excluding carboxylic acids is 1. The average molecular weight is 345 g/mol. The number of amides is 1. The van der Waals surface area contributed by atoms with Crippen LogP contribution in [0, 0.1) is 0 Å². The standard InChI is InChI=1S/C23H23NO2/c25-17-21(16-19-11-5-2-6-12-19)24-23(26)22-14-8-7-13-20(22)15-18-9-3-1-4-10-18/h1-14,21,25H,15-17H2,(H,24,26)/t21-/m0/s1. The Balaban J connectivity index is 1.72. The van der Waals surface area contributed by atoms with Gasteiger partial charge in [0.25, 0.3) is 5.91 Å². The Hall–Kier alpha value is -2.91. The van der Waals surface area contributed by atoms with E-state index in [1.165, 1.54) is 0 Å². The summed E-state index contributed by atoms with van der Waals surface area (Å²) in [5.74, 6) is -0.147. The largest absolute Gasteiger partial charge is 0.394 e. The zero-order valence-electron chi connectivity index (χ0n) is 14.6. The molecular formula is C23H23NO2. The molecule has 3 heteroatoms. The first kappa shape index (κ1) is 17.9. The summed E-state index contributed by atoms with van der Waals surface area (Å²) in [7, 11) is 0. The van der Waals surface area contributed by atoms with Gasteiger partial charge in [-0.2, -0.15) is 0 Å². The molecule has 132 valence electrons. The van der Waals surface area contributed by atoms with E-state index in [0.717, 1.165) is 16.7 Å². The lowest BCUT2D eigenvalue weighted by molar-refractivity contribution is 0.0915. The molecule has 1 amide bonds. The molecule has 26 heavy (non-hydrogen) atoms. The van der Waals surface area contributed by atoms with Crippen molar-refractivity contribution < 1.29 is 9.90 Å². The summed E-state index contributed by atoms with van der Waals surface area (Å²) < 4.78 is 0. The summed E-state index contributed by atoms with van der Waals surface area (Å²) in [6, 6.07) is 27.3. The van der Waals surface area contributed by atoms with Gasteiger partial charge in [0.1, 0.15) is 0 Å². The Morgan fingerprint density at radius 2 is 1.38 bits per heavy atom. The van der Waals surface area contributed by atoms with Gasteiger partial charge in [0.2, 0.25) is 0 Å². The summed E-state index contributed by atoms with van der Waals surface area (Å²) in [4.78, 5) is 12.8. The molecule has 1 atom stereocenters. The van der Waals surface area contributed by atoms with E-state index in [4.69, 9.17) is 0 Å². The van der Waals surface area contributed by atoms with Crippen molar-refractivity contribution in [2.45, 2.75) is 18.9 Å². The number of nitrogens with one attached hydrogen (secondary N) is 1. The van der Waals surface area contributed by atoms with Crippen LogP contribution in [-0.2, 0) is 12.8 Å². The number of carbonyl (C=O) groups is 1. The molecule has 0 heterocycles. The normalized spacial score (nSPS) is 11.7. The predicted octanol–water partition coefficient (Wildman–Crippen LogP) is 3.61. The van der Waals surface area contributed by atoms with Crippen molar-refractivity contribution in [2.24, 2.45) is 0 Å². The quantitative estimate of drug-likeness (QED) is 0.687. The summed E-state index contributed by atoms with van der Waals surface area (Å²) in [5, 5.41) is 12.6. The van der Waals surface area contributed by atoms with Gasteiger partial charge in [0, 0.05) is 5.56 Å². The maximum absolute atomic E-state index is 12.8. The Labute approximate surface area is 154 Å². The highest BCUT2D eigenvalue weighted by Gasteiger charge is 2.16. The van der Waals surface area contributed by atoms with E-state index in [-0.39, 0.29) is 18.6 Å². The zero-order valence-corrected chi connectivity index (χ0v) is 14.6.